The van der Waals surface area contributed by atoms with Crippen LogP contribution in [0.5, 0.6) is 0 Å². The Balaban J connectivity index is 1.86. The molecule has 0 aromatic carbocycles. The zero-order valence-electron chi connectivity index (χ0n) is 10.7. The second-order valence-corrected chi connectivity index (χ2v) is 5.90. The Labute approximate surface area is 103 Å². The van der Waals surface area contributed by atoms with Crippen LogP contribution in [-0.4, -0.2) is 23.7 Å². The van der Waals surface area contributed by atoms with E-state index >= 15 is 0 Å². The van der Waals surface area contributed by atoms with Crippen LogP contribution >= 0.6 is 0 Å². The Morgan fingerprint density at radius 1 is 1.41 bits per heavy atom. The third-order valence-electron chi connectivity index (χ3n) is 3.94. The van der Waals surface area contributed by atoms with Crippen LogP contribution in [0.1, 0.15) is 33.1 Å². The molecule has 1 amide bonds. The van der Waals surface area contributed by atoms with E-state index in [9.17, 15) is 9.90 Å². The van der Waals surface area contributed by atoms with Crippen LogP contribution in [0.3, 0.4) is 0 Å². The number of aliphatic hydroxyl groups excluding tert-OH is 1. The highest BCUT2D eigenvalue weighted by Crippen LogP contribution is 2.43. The van der Waals surface area contributed by atoms with Crippen molar-refractivity contribution in [2.45, 2.75) is 39.2 Å². The van der Waals surface area contributed by atoms with E-state index < -0.39 is 0 Å². The minimum atomic E-state index is -0.0781. The number of hydrogen-bond acceptors (Lipinski definition) is 2. The second kappa shape index (κ2) is 5.21. The summed E-state index contributed by atoms with van der Waals surface area (Å²) >= 11 is 0. The summed E-state index contributed by atoms with van der Waals surface area (Å²) in [6, 6.07) is -0.0781. The molecule has 4 unspecified atom stereocenters. The first-order valence-electron chi connectivity index (χ1n) is 6.69. The topological polar surface area (TPSA) is 49.3 Å². The lowest BCUT2D eigenvalue weighted by atomic mass is 9.92. The largest absolute Gasteiger partial charge is 0.394 e. The van der Waals surface area contributed by atoms with Crippen molar-refractivity contribution in [2.24, 2.45) is 23.7 Å². The molecule has 2 aliphatic carbocycles. The number of carbonyl (C=O) groups is 1. The molecule has 2 bridgehead atoms. The van der Waals surface area contributed by atoms with Gasteiger partial charge in [0.2, 0.25) is 5.91 Å². The molecule has 2 rings (SSSR count). The highest BCUT2D eigenvalue weighted by Gasteiger charge is 2.40. The van der Waals surface area contributed by atoms with Gasteiger partial charge in [-0.05, 0) is 37.0 Å². The Kier molecular flexibility index (Phi) is 3.87. The van der Waals surface area contributed by atoms with E-state index in [-0.39, 0.29) is 24.5 Å². The third-order valence-corrected chi connectivity index (χ3v) is 3.94. The fraction of sp³-hybridized carbons (Fsp3) is 0.786. The summed E-state index contributed by atoms with van der Waals surface area (Å²) in [7, 11) is 0. The summed E-state index contributed by atoms with van der Waals surface area (Å²) in [6.07, 6.45) is 7.42. The summed E-state index contributed by atoms with van der Waals surface area (Å²) in [5, 5.41) is 12.3. The molecule has 0 heterocycles. The molecule has 3 heteroatoms. The van der Waals surface area contributed by atoms with Gasteiger partial charge in [0.1, 0.15) is 0 Å². The van der Waals surface area contributed by atoms with Gasteiger partial charge in [-0.1, -0.05) is 26.0 Å². The Bertz CT molecular complexity index is 311. The van der Waals surface area contributed by atoms with Crippen molar-refractivity contribution in [1.82, 2.24) is 5.32 Å². The van der Waals surface area contributed by atoms with Gasteiger partial charge in [0, 0.05) is 5.92 Å². The van der Waals surface area contributed by atoms with Crippen LogP contribution in [0.25, 0.3) is 0 Å². The molecule has 0 saturated heterocycles. The van der Waals surface area contributed by atoms with Gasteiger partial charge in [0.15, 0.2) is 0 Å². The molecule has 4 atom stereocenters. The third kappa shape index (κ3) is 2.89. The number of fused-ring (bicyclic) bond motifs is 2. The van der Waals surface area contributed by atoms with E-state index in [2.05, 4.69) is 31.3 Å². The molecule has 0 aromatic rings. The van der Waals surface area contributed by atoms with Gasteiger partial charge < -0.3 is 10.4 Å². The summed E-state index contributed by atoms with van der Waals surface area (Å²) in [6.45, 7) is 4.25. The van der Waals surface area contributed by atoms with Gasteiger partial charge in [-0.2, -0.15) is 0 Å². The summed E-state index contributed by atoms with van der Waals surface area (Å²) in [5.41, 5.74) is 0. The van der Waals surface area contributed by atoms with E-state index in [1.165, 1.54) is 0 Å². The normalized spacial score (nSPS) is 32.1. The predicted octanol–water partition coefficient (Wildman–Crippen LogP) is 1.72. The molecule has 3 nitrogen and oxygen atoms in total. The lowest BCUT2D eigenvalue weighted by molar-refractivity contribution is -0.126. The number of aliphatic hydroxyl groups is 1. The number of amides is 1. The fourth-order valence-electron chi connectivity index (χ4n) is 3.14. The lowest BCUT2D eigenvalue weighted by Crippen LogP contribution is -2.42. The quantitative estimate of drug-likeness (QED) is 0.715. The van der Waals surface area contributed by atoms with Crippen LogP contribution in [0.15, 0.2) is 12.2 Å². The average Bonchev–Trinajstić information content (AvgIpc) is 2.88. The van der Waals surface area contributed by atoms with Crippen molar-refractivity contribution in [2.75, 3.05) is 6.61 Å². The first-order valence-corrected chi connectivity index (χ1v) is 6.69. The van der Waals surface area contributed by atoms with E-state index in [4.69, 9.17) is 0 Å². The number of allylic oxidation sites excluding steroid dienone is 2. The molecule has 0 spiro atoms. The van der Waals surface area contributed by atoms with Crippen LogP contribution < -0.4 is 5.32 Å². The number of rotatable bonds is 5. The molecule has 2 aliphatic rings. The van der Waals surface area contributed by atoms with E-state index in [0.717, 1.165) is 19.3 Å². The maximum atomic E-state index is 12.1. The highest BCUT2D eigenvalue weighted by molar-refractivity contribution is 5.80. The summed E-state index contributed by atoms with van der Waals surface area (Å²) in [4.78, 5) is 12.1. The first-order chi connectivity index (χ1) is 8.10. The Morgan fingerprint density at radius 3 is 2.65 bits per heavy atom. The molecule has 1 fully saturated rings. The maximum Gasteiger partial charge on any atom is 0.224 e. The molecule has 17 heavy (non-hydrogen) atoms. The molecule has 0 aliphatic heterocycles. The minimum absolute atomic E-state index is 0.0422. The van der Waals surface area contributed by atoms with Crippen molar-refractivity contribution in [3.63, 3.8) is 0 Å². The van der Waals surface area contributed by atoms with E-state index in [1.54, 1.807) is 0 Å². The monoisotopic (exact) mass is 237 g/mol. The standard InChI is InChI=1S/C14H23NO2/c1-9(2)5-12(8-16)15-14(17)13-7-10-3-4-11(13)6-10/h3-4,9-13,16H,5-8H2,1-2H3,(H,15,17). The molecule has 1 saturated carbocycles. The van der Waals surface area contributed by atoms with Crippen molar-refractivity contribution in [1.29, 1.82) is 0 Å². The molecular formula is C14H23NO2. The maximum absolute atomic E-state index is 12.1. The van der Waals surface area contributed by atoms with Crippen molar-refractivity contribution in [3.8, 4) is 0 Å². The van der Waals surface area contributed by atoms with Gasteiger partial charge in [0.05, 0.1) is 12.6 Å². The number of nitrogens with one attached hydrogen (secondary N) is 1. The Morgan fingerprint density at radius 2 is 2.18 bits per heavy atom. The molecule has 0 aromatic heterocycles. The zero-order chi connectivity index (χ0) is 12.4. The van der Waals surface area contributed by atoms with Crippen LogP contribution in [0.4, 0.5) is 0 Å². The minimum Gasteiger partial charge on any atom is -0.394 e. The van der Waals surface area contributed by atoms with Crippen LogP contribution in [0.2, 0.25) is 0 Å². The fourth-order valence-corrected chi connectivity index (χ4v) is 3.14. The van der Waals surface area contributed by atoms with Crippen LogP contribution in [0, 0.1) is 23.7 Å². The highest BCUT2D eigenvalue weighted by atomic mass is 16.3. The summed E-state index contributed by atoms with van der Waals surface area (Å²) in [5.74, 6) is 1.84. The molecule has 96 valence electrons. The molecular weight excluding hydrogens is 214 g/mol. The number of hydrogen-bond donors (Lipinski definition) is 2. The van der Waals surface area contributed by atoms with E-state index in [1.807, 2.05) is 0 Å². The SMILES string of the molecule is CC(C)CC(CO)NC(=O)C1CC2C=CC1C2. The van der Waals surface area contributed by atoms with Crippen molar-refractivity contribution in [3.05, 3.63) is 12.2 Å². The summed E-state index contributed by atoms with van der Waals surface area (Å²) < 4.78 is 0. The zero-order valence-corrected chi connectivity index (χ0v) is 10.7. The smallest absolute Gasteiger partial charge is 0.224 e. The van der Waals surface area contributed by atoms with Gasteiger partial charge in [0.25, 0.3) is 0 Å². The van der Waals surface area contributed by atoms with Crippen molar-refractivity contribution >= 4 is 5.91 Å². The van der Waals surface area contributed by atoms with Gasteiger partial charge in [-0.3, -0.25) is 4.79 Å². The van der Waals surface area contributed by atoms with Crippen molar-refractivity contribution < 1.29 is 9.90 Å². The van der Waals surface area contributed by atoms with E-state index in [0.29, 0.717) is 17.8 Å². The van der Waals surface area contributed by atoms with Gasteiger partial charge in [-0.25, -0.2) is 0 Å². The van der Waals surface area contributed by atoms with Gasteiger partial charge >= 0.3 is 0 Å². The average molecular weight is 237 g/mol. The molecule has 2 N–H and O–H groups in total. The lowest BCUT2D eigenvalue weighted by Gasteiger charge is -2.23. The first kappa shape index (κ1) is 12.6. The Hall–Kier alpha value is -0.830. The number of carbonyl (C=O) groups excluding carboxylic acids is 1. The van der Waals surface area contributed by atoms with Gasteiger partial charge in [-0.15, -0.1) is 0 Å². The predicted molar refractivity (Wildman–Crippen MR) is 67.3 cm³/mol. The second-order valence-electron chi connectivity index (χ2n) is 5.90. The molecule has 0 radical (unpaired) electrons. The van der Waals surface area contributed by atoms with Crippen LogP contribution in [-0.2, 0) is 4.79 Å².